The van der Waals surface area contributed by atoms with E-state index in [1.54, 1.807) is 4.68 Å². The highest BCUT2D eigenvalue weighted by molar-refractivity contribution is 6.00. The third-order valence-electron chi connectivity index (χ3n) is 3.07. The van der Waals surface area contributed by atoms with Crippen LogP contribution in [-0.2, 0) is 6.54 Å². The van der Waals surface area contributed by atoms with Crippen molar-refractivity contribution in [3.63, 3.8) is 0 Å². The Labute approximate surface area is 111 Å². The molecular formula is C13H16N6. The van der Waals surface area contributed by atoms with E-state index in [9.17, 15) is 0 Å². The topological polar surface area (TPSA) is 81.1 Å². The number of amidine groups is 1. The van der Waals surface area contributed by atoms with Crippen molar-refractivity contribution in [2.24, 2.45) is 4.99 Å². The van der Waals surface area contributed by atoms with Gasteiger partial charge >= 0.3 is 0 Å². The normalized spacial score (nSPS) is 14.8. The zero-order valence-electron chi connectivity index (χ0n) is 10.6. The molecule has 2 aromatic rings. The number of benzene rings is 1. The summed E-state index contributed by atoms with van der Waals surface area (Å²) in [7, 11) is 0. The summed E-state index contributed by atoms with van der Waals surface area (Å²) in [5, 5.41) is 11.4. The van der Waals surface area contributed by atoms with Crippen LogP contribution in [-0.4, -0.2) is 33.9 Å². The maximum absolute atomic E-state index is 6.10. The number of nitrogens with one attached hydrogen (secondary N) is 1. The van der Waals surface area contributed by atoms with Gasteiger partial charge in [0.15, 0.2) is 17.3 Å². The predicted molar refractivity (Wildman–Crippen MR) is 74.0 cm³/mol. The van der Waals surface area contributed by atoms with Gasteiger partial charge in [0.05, 0.1) is 6.54 Å². The van der Waals surface area contributed by atoms with Gasteiger partial charge in [-0.2, -0.15) is 0 Å². The van der Waals surface area contributed by atoms with Crippen LogP contribution in [0, 0.1) is 0 Å². The fraction of sp³-hybridized carbons (Fsp3) is 0.308. The van der Waals surface area contributed by atoms with Gasteiger partial charge in [-0.05, 0) is 12.0 Å². The van der Waals surface area contributed by atoms with E-state index in [1.165, 1.54) is 0 Å². The molecule has 1 aliphatic heterocycles. The molecule has 0 amide bonds. The zero-order chi connectivity index (χ0) is 13.1. The fourth-order valence-corrected chi connectivity index (χ4v) is 2.05. The Morgan fingerprint density at radius 2 is 2.11 bits per heavy atom. The highest BCUT2D eigenvalue weighted by Crippen LogP contribution is 2.12. The lowest BCUT2D eigenvalue weighted by molar-refractivity contribution is 0.657. The predicted octanol–water partition coefficient (Wildman–Crippen LogP) is 0.648. The number of anilines is 1. The third kappa shape index (κ3) is 2.42. The van der Waals surface area contributed by atoms with E-state index in [2.05, 4.69) is 20.6 Å². The van der Waals surface area contributed by atoms with Crippen LogP contribution in [0.1, 0.15) is 17.7 Å². The monoisotopic (exact) mass is 256 g/mol. The standard InChI is InChI=1S/C13H16N6/c14-12-11(13-15-7-4-8-16-13)17-18-19(12)9-10-5-2-1-3-6-10/h1-3,5-6H,4,7-9,14H2,(H,15,16). The van der Waals surface area contributed by atoms with Gasteiger partial charge in [0, 0.05) is 13.1 Å². The van der Waals surface area contributed by atoms with Crippen LogP contribution in [0.2, 0.25) is 0 Å². The van der Waals surface area contributed by atoms with Crippen molar-refractivity contribution in [2.75, 3.05) is 18.8 Å². The number of nitrogens with two attached hydrogens (primary N) is 1. The summed E-state index contributed by atoms with van der Waals surface area (Å²) in [6.07, 6.45) is 1.04. The highest BCUT2D eigenvalue weighted by atomic mass is 15.5. The largest absolute Gasteiger partial charge is 0.382 e. The summed E-state index contributed by atoms with van der Waals surface area (Å²) >= 11 is 0. The first-order valence-electron chi connectivity index (χ1n) is 6.36. The molecule has 0 bridgehead atoms. The molecule has 1 aliphatic rings. The Morgan fingerprint density at radius 1 is 1.26 bits per heavy atom. The first-order valence-corrected chi connectivity index (χ1v) is 6.36. The molecule has 0 spiro atoms. The Bertz CT molecular complexity index is 586. The van der Waals surface area contributed by atoms with E-state index in [0.717, 1.165) is 30.9 Å². The number of nitrogen functional groups attached to an aromatic ring is 1. The second-order valence-electron chi connectivity index (χ2n) is 4.48. The lowest BCUT2D eigenvalue weighted by Crippen LogP contribution is -2.31. The van der Waals surface area contributed by atoms with Crippen molar-refractivity contribution in [1.29, 1.82) is 0 Å². The van der Waals surface area contributed by atoms with Gasteiger partial charge in [-0.1, -0.05) is 35.5 Å². The molecule has 1 aromatic carbocycles. The minimum absolute atomic E-state index is 0.553. The van der Waals surface area contributed by atoms with E-state index in [-0.39, 0.29) is 0 Å². The number of rotatable bonds is 3. The van der Waals surface area contributed by atoms with Crippen molar-refractivity contribution in [3.8, 4) is 0 Å². The van der Waals surface area contributed by atoms with E-state index < -0.39 is 0 Å². The maximum atomic E-state index is 6.10. The molecule has 0 radical (unpaired) electrons. The molecule has 6 nitrogen and oxygen atoms in total. The van der Waals surface area contributed by atoms with E-state index in [1.807, 2.05) is 30.3 Å². The van der Waals surface area contributed by atoms with Crippen LogP contribution in [0.15, 0.2) is 35.3 Å². The molecule has 3 N–H and O–H groups in total. The summed E-state index contributed by atoms with van der Waals surface area (Å²) in [5.41, 5.74) is 7.89. The molecule has 1 aromatic heterocycles. The van der Waals surface area contributed by atoms with Gasteiger partial charge < -0.3 is 11.1 Å². The number of nitrogens with zero attached hydrogens (tertiary/aromatic N) is 4. The van der Waals surface area contributed by atoms with Crippen molar-refractivity contribution in [1.82, 2.24) is 20.3 Å². The third-order valence-corrected chi connectivity index (χ3v) is 3.07. The molecule has 2 heterocycles. The van der Waals surface area contributed by atoms with Crippen molar-refractivity contribution < 1.29 is 0 Å². The lowest BCUT2D eigenvalue weighted by Gasteiger charge is -2.12. The number of hydrogen-bond donors (Lipinski definition) is 2. The maximum Gasteiger partial charge on any atom is 0.171 e. The van der Waals surface area contributed by atoms with Crippen LogP contribution in [0.4, 0.5) is 5.82 Å². The van der Waals surface area contributed by atoms with Crippen molar-refractivity contribution >= 4 is 11.7 Å². The fourth-order valence-electron chi connectivity index (χ4n) is 2.05. The summed E-state index contributed by atoms with van der Waals surface area (Å²) in [6.45, 7) is 2.34. The van der Waals surface area contributed by atoms with Gasteiger partial charge in [-0.3, -0.25) is 4.99 Å². The van der Waals surface area contributed by atoms with Crippen LogP contribution >= 0.6 is 0 Å². The average Bonchev–Trinajstić information content (AvgIpc) is 2.82. The second kappa shape index (κ2) is 5.09. The van der Waals surface area contributed by atoms with E-state index in [0.29, 0.717) is 18.1 Å². The van der Waals surface area contributed by atoms with Crippen LogP contribution < -0.4 is 11.1 Å². The Hall–Kier alpha value is -2.37. The Kier molecular flexibility index (Phi) is 3.14. The molecule has 0 unspecified atom stereocenters. The molecule has 0 saturated carbocycles. The molecule has 98 valence electrons. The van der Waals surface area contributed by atoms with Crippen molar-refractivity contribution in [2.45, 2.75) is 13.0 Å². The van der Waals surface area contributed by atoms with Gasteiger partial charge in [0.2, 0.25) is 0 Å². The Morgan fingerprint density at radius 3 is 2.84 bits per heavy atom. The molecular weight excluding hydrogens is 240 g/mol. The van der Waals surface area contributed by atoms with Crippen LogP contribution in [0.3, 0.4) is 0 Å². The van der Waals surface area contributed by atoms with Crippen molar-refractivity contribution in [3.05, 3.63) is 41.6 Å². The minimum atomic E-state index is 0.553. The lowest BCUT2D eigenvalue weighted by atomic mass is 10.2. The molecule has 6 heteroatoms. The number of aliphatic imine (C=N–C) groups is 1. The van der Waals surface area contributed by atoms with Crippen LogP contribution in [0.5, 0.6) is 0 Å². The molecule has 0 fully saturated rings. The van der Waals surface area contributed by atoms with E-state index >= 15 is 0 Å². The minimum Gasteiger partial charge on any atom is -0.382 e. The summed E-state index contributed by atoms with van der Waals surface area (Å²) in [5.74, 6) is 1.31. The summed E-state index contributed by atoms with van der Waals surface area (Å²) in [4.78, 5) is 4.39. The SMILES string of the molecule is Nc1c(C2=NCCCN2)nnn1Cc1ccccc1. The zero-order valence-corrected chi connectivity index (χ0v) is 10.6. The smallest absolute Gasteiger partial charge is 0.171 e. The molecule has 0 atom stereocenters. The van der Waals surface area contributed by atoms with Gasteiger partial charge in [-0.15, -0.1) is 5.10 Å². The van der Waals surface area contributed by atoms with Gasteiger partial charge in [0.25, 0.3) is 0 Å². The number of aromatic nitrogens is 3. The van der Waals surface area contributed by atoms with Gasteiger partial charge in [-0.25, -0.2) is 4.68 Å². The molecule has 0 saturated heterocycles. The highest BCUT2D eigenvalue weighted by Gasteiger charge is 2.16. The average molecular weight is 256 g/mol. The quantitative estimate of drug-likeness (QED) is 0.844. The molecule has 3 rings (SSSR count). The summed E-state index contributed by atoms with van der Waals surface area (Å²) in [6, 6.07) is 10.1. The van der Waals surface area contributed by atoms with Crippen LogP contribution in [0.25, 0.3) is 0 Å². The Balaban J connectivity index is 1.85. The summed E-state index contributed by atoms with van der Waals surface area (Å²) < 4.78 is 1.70. The first-order chi connectivity index (χ1) is 9.34. The van der Waals surface area contributed by atoms with Gasteiger partial charge in [0.1, 0.15) is 0 Å². The second-order valence-corrected chi connectivity index (χ2v) is 4.48. The van der Waals surface area contributed by atoms with E-state index in [4.69, 9.17) is 5.73 Å². The molecule has 19 heavy (non-hydrogen) atoms. The molecule has 0 aliphatic carbocycles. The first kappa shape index (κ1) is 11.7. The number of hydrogen-bond acceptors (Lipinski definition) is 5.